The summed E-state index contributed by atoms with van der Waals surface area (Å²) in [5.41, 5.74) is 1.57. The van der Waals surface area contributed by atoms with Gasteiger partial charge in [0.2, 0.25) is 0 Å². The van der Waals surface area contributed by atoms with E-state index in [9.17, 15) is 4.79 Å². The first-order valence-electron chi connectivity index (χ1n) is 6.86. The van der Waals surface area contributed by atoms with Crippen molar-refractivity contribution in [3.8, 4) is 17.0 Å². The van der Waals surface area contributed by atoms with E-state index in [1.165, 1.54) is 6.07 Å². The lowest BCUT2D eigenvalue weighted by Crippen LogP contribution is -2.21. The lowest BCUT2D eigenvalue weighted by Gasteiger charge is -2.22. The van der Waals surface area contributed by atoms with Gasteiger partial charge in [-0.15, -0.1) is 0 Å². The average molecular weight is 304 g/mol. The lowest BCUT2D eigenvalue weighted by atomic mass is 10.1. The van der Waals surface area contributed by atoms with Gasteiger partial charge in [-0.3, -0.25) is 5.10 Å². The number of nitrogens with one attached hydrogen (secondary N) is 1. The first-order chi connectivity index (χ1) is 10.2. The summed E-state index contributed by atoms with van der Waals surface area (Å²) < 4.78 is 5.95. The molecule has 0 amide bonds. The van der Waals surface area contributed by atoms with E-state index in [2.05, 4.69) is 10.2 Å². The molecule has 1 aromatic carbocycles. The molecule has 0 atom stereocenters. The summed E-state index contributed by atoms with van der Waals surface area (Å²) in [6, 6.07) is 9.14. The quantitative estimate of drug-likeness (QED) is 0.908. The maximum Gasteiger partial charge on any atom is 0.353 e. The molecule has 2 aromatic rings. The molecule has 6 heteroatoms. The number of ether oxygens (including phenoxy) is 1. The summed E-state index contributed by atoms with van der Waals surface area (Å²) in [6.45, 7) is 0. The summed E-state index contributed by atoms with van der Waals surface area (Å²) >= 11 is 1.97. The number of carbonyl (C=O) groups is 1. The Bertz CT molecular complexity index is 618. The molecule has 3 rings (SSSR count). The number of aromatic nitrogens is 2. The summed E-state index contributed by atoms with van der Waals surface area (Å²) in [7, 11) is 0. The number of nitrogens with zero attached hydrogens (tertiary/aromatic N) is 1. The second kappa shape index (κ2) is 6.22. The average Bonchev–Trinajstić information content (AvgIpc) is 2.99. The van der Waals surface area contributed by atoms with Crippen molar-refractivity contribution in [3.63, 3.8) is 0 Å². The van der Waals surface area contributed by atoms with Crippen LogP contribution in [0.15, 0.2) is 30.3 Å². The highest BCUT2D eigenvalue weighted by Gasteiger charge is 2.15. The first-order valence-corrected chi connectivity index (χ1v) is 8.01. The molecule has 5 nitrogen and oxygen atoms in total. The van der Waals surface area contributed by atoms with Crippen LogP contribution in [0.2, 0.25) is 0 Å². The summed E-state index contributed by atoms with van der Waals surface area (Å²) in [5.74, 6) is 2.16. The smallest absolute Gasteiger partial charge is 0.353 e. The van der Waals surface area contributed by atoms with Gasteiger partial charge in [-0.1, -0.05) is 0 Å². The van der Waals surface area contributed by atoms with Gasteiger partial charge < -0.3 is 9.84 Å². The van der Waals surface area contributed by atoms with Crippen LogP contribution < -0.4 is 4.74 Å². The van der Waals surface area contributed by atoms with Crippen LogP contribution in [0.25, 0.3) is 11.3 Å². The molecule has 0 bridgehead atoms. The van der Waals surface area contributed by atoms with Crippen molar-refractivity contribution in [1.29, 1.82) is 0 Å². The minimum absolute atomic E-state index is 0.0880. The molecule has 0 radical (unpaired) electrons. The van der Waals surface area contributed by atoms with Crippen LogP contribution in [0.5, 0.6) is 5.75 Å². The molecule has 1 aliphatic rings. The van der Waals surface area contributed by atoms with Crippen molar-refractivity contribution in [2.75, 3.05) is 11.5 Å². The van der Waals surface area contributed by atoms with E-state index >= 15 is 0 Å². The maximum atomic E-state index is 10.8. The second-order valence-electron chi connectivity index (χ2n) is 4.93. The van der Waals surface area contributed by atoms with E-state index in [-0.39, 0.29) is 5.69 Å². The molecule has 2 N–H and O–H groups in total. The Morgan fingerprint density at radius 3 is 2.62 bits per heavy atom. The van der Waals surface area contributed by atoms with Gasteiger partial charge in [0.1, 0.15) is 17.5 Å². The molecule has 21 heavy (non-hydrogen) atoms. The third-order valence-corrected chi connectivity index (χ3v) is 4.48. The van der Waals surface area contributed by atoms with Crippen LogP contribution in [0.4, 0.5) is 0 Å². The number of hydrogen-bond donors (Lipinski definition) is 2. The maximum absolute atomic E-state index is 10.8. The SMILES string of the molecule is O=C(O)c1cc(-c2ccc(OC3CCSCC3)cc2)n[nH]1. The number of thioether (sulfide) groups is 1. The van der Waals surface area contributed by atoms with E-state index < -0.39 is 5.97 Å². The van der Waals surface area contributed by atoms with Gasteiger partial charge in [0.25, 0.3) is 0 Å². The van der Waals surface area contributed by atoms with Crippen LogP contribution in [0.3, 0.4) is 0 Å². The van der Waals surface area contributed by atoms with E-state index in [1.807, 2.05) is 36.0 Å². The molecule has 1 fully saturated rings. The normalized spacial score (nSPS) is 15.8. The Kier molecular flexibility index (Phi) is 4.15. The van der Waals surface area contributed by atoms with Crippen LogP contribution in [0, 0.1) is 0 Å². The fraction of sp³-hybridized carbons (Fsp3) is 0.333. The van der Waals surface area contributed by atoms with Gasteiger partial charge in [-0.25, -0.2) is 4.79 Å². The molecule has 0 spiro atoms. The number of H-pyrrole nitrogens is 1. The predicted molar refractivity (Wildman–Crippen MR) is 82.0 cm³/mol. The molecule has 0 saturated carbocycles. The number of rotatable bonds is 4. The summed E-state index contributed by atoms with van der Waals surface area (Å²) in [6.07, 6.45) is 2.49. The highest BCUT2D eigenvalue weighted by atomic mass is 32.2. The molecule has 2 heterocycles. The third kappa shape index (κ3) is 3.39. The minimum atomic E-state index is -1.01. The first kappa shape index (κ1) is 14.0. The van der Waals surface area contributed by atoms with E-state index in [0.29, 0.717) is 11.8 Å². The van der Waals surface area contributed by atoms with Gasteiger partial charge >= 0.3 is 5.97 Å². The molecule has 0 aliphatic carbocycles. The van der Waals surface area contributed by atoms with Crippen LogP contribution >= 0.6 is 11.8 Å². The second-order valence-corrected chi connectivity index (χ2v) is 6.15. The third-order valence-electron chi connectivity index (χ3n) is 3.43. The van der Waals surface area contributed by atoms with E-state index in [4.69, 9.17) is 9.84 Å². The number of hydrogen-bond acceptors (Lipinski definition) is 4. The molecule has 1 saturated heterocycles. The van der Waals surface area contributed by atoms with Gasteiger partial charge in [0.15, 0.2) is 0 Å². The van der Waals surface area contributed by atoms with Crippen molar-refractivity contribution in [2.24, 2.45) is 0 Å². The summed E-state index contributed by atoms with van der Waals surface area (Å²) in [4.78, 5) is 10.8. The Balaban J connectivity index is 1.69. The van der Waals surface area contributed by atoms with Crippen molar-refractivity contribution < 1.29 is 14.6 Å². The van der Waals surface area contributed by atoms with Crippen molar-refractivity contribution >= 4 is 17.7 Å². The zero-order chi connectivity index (χ0) is 14.7. The topological polar surface area (TPSA) is 75.2 Å². The van der Waals surface area contributed by atoms with Crippen LogP contribution in [-0.4, -0.2) is 38.9 Å². The monoisotopic (exact) mass is 304 g/mol. The van der Waals surface area contributed by atoms with Gasteiger partial charge in [0.05, 0.1) is 5.69 Å². The Morgan fingerprint density at radius 2 is 2.00 bits per heavy atom. The Labute approximate surface area is 126 Å². The van der Waals surface area contributed by atoms with E-state index in [1.54, 1.807) is 0 Å². The molecule has 1 aliphatic heterocycles. The number of carboxylic acid groups (broad SMARTS) is 1. The molecular weight excluding hydrogens is 288 g/mol. The fourth-order valence-corrected chi connectivity index (χ4v) is 3.33. The molecule has 110 valence electrons. The van der Waals surface area contributed by atoms with Crippen LogP contribution in [0.1, 0.15) is 23.3 Å². The Hall–Kier alpha value is -1.95. The largest absolute Gasteiger partial charge is 0.490 e. The van der Waals surface area contributed by atoms with Crippen molar-refractivity contribution in [3.05, 3.63) is 36.0 Å². The number of benzene rings is 1. The van der Waals surface area contributed by atoms with Gasteiger partial charge in [-0.2, -0.15) is 16.9 Å². The van der Waals surface area contributed by atoms with E-state index in [0.717, 1.165) is 35.7 Å². The molecule has 1 aromatic heterocycles. The Morgan fingerprint density at radius 1 is 1.29 bits per heavy atom. The van der Waals surface area contributed by atoms with Crippen molar-refractivity contribution in [1.82, 2.24) is 10.2 Å². The number of carboxylic acids is 1. The molecular formula is C15H16N2O3S. The highest BCUT2D eigenvalue weighted by Crippen LogP contribution is 2.25. The number of aromatic amines is 1. The molecule has 0 unspecified atom stereocenters. The zero-order valence-electron chi connectivity index (χ0n) is 11.4. The van der Waals surface area contributed by atoms with Crippen LogP contribution in [-0.2, 0) is 0 Å². The van der Waals surface area contributed by atoms with Gasteiger partial charge in [0, 0.05) is 5.56 Å². The zero-order valence-corrected chi connectivity index (χ0v) is 12.2. The standard InChI is InChI=1S/C15H16N2O3S/c18-15(19)14-9-13(16-17-14)10-1-3-11(4-2-10)20-12-5-7-21-8-6-12/h1-4,9,12H,5-8H2,(H,16,17)(H,18,19). The lowest BCUT2D eigenvalue weighted by molar-refractivity contribution is 0.0690. The number of aromatic carboxylic acids is 1. The van der Waals surface area contributed by atoms with Crippen molar-refractivity contribution in [2.45, 2.75) is 18.9 Å². The summed E-state index contributed by atoms with van der Waals surface area (Å²) in [5, 5.41) is 15.4. The fourth-order valence-electron chi connectivity index (χ4n) is 2.27. The van der Waals surface area contributed by atoms with Gasteiger partial charge in [-0.05, 0) is 54.7 Å². The highest BCUT2D eigenvalue weighted by molar-refractivity contribution is 7.99. The minimum Gasteiger partial charge on any atom is -0.490 e. The predicted octanol–water partition coefficient (Wildman–Crippen LogP) is 3.05.